The number of nitrogens with one attached hydrogen (secondary N) is 1. The summed E-state index contributed by atoms with van der Waals surface area (Å²) in [7, 11) is 5.43. The van der Waals surface area contributed by atoms with Gasteiger partial charge in [-0.1, -0.05) is 22.6 Å². The molecule has 0 heterocycles. The Bertz CT molecular complexity index is 312. The van der Waals surface area contributed by atoms with E-state index in [1.54, 1.807) is 12.1 Å². The second-order valence-electron chi connectivity index (χ2n) is 3.03. The van der Waals surface area contributed by atoms with Gasteiger partial charge in [0.1, 0.15) is 5.75 Å². The van der Waals surface area contributed by atoms with E-state index < -0.39 is 6.09 Å². The Hall–Kier alpha value is -0.980. The van der Waals surface area contributed by atoms with Crippen molar-refractivity contribution >= 4 is 34.4 Å². The highest BCUT2D eigenvalue weighted by molar-refractivity contribution is 14.1. The Morgan fingerprint density at radius 3 is 2.12 bits per heavy atom. The van der Waals surface area contributed by atoms with Crippen molar-refractivity contribution in [2.75, 3.05) is 31.0 Å². The van der Waals surface area contributed by atoms with Gasteiger partial charge in [0.05, 0.1) is 0 Å². The Kier molecular flexibility index (Phi) is 7.70. The highest BCUT2D eigenvalue weighted by atomic mass is 127. The van der Waals surface area contributed by atoms with Crippen LogP contribution in [0.5, 0.6) is 5.75 Å². The molecule has 1 aromatic rings. The normalized spacial score (nSPS) is 8.56. The van der Waals surface area contributed by atoms with Crippen LogP contribution >= 0.6 is 22.6 Å². The van der Waals surface area contributed by atoms with Crippen molar-refractivity contribution in [1.29, 1.82) is 0 Å². The Labute approximate surface area is 110 Å². The summed E-state index contributed by atoms with van der Waals surface area (Å²) in [4.78, 5) is 14.8. The fraction of sp³-hybridized carbons (Fsp3) is 0.364. The van der Waals surface area contributed by atoms with Gasteiger partial charge in [0, 0.05) is 26.8 Å². The molecule has 0 saturated heterocycles. The molecule has 0 spiro atoms. The van der Waals surface area contributed by atoms with E-state index in [9.17, 15) is 4.79 Å². The van der Waals surface area contributed by atoms with Crippen molar-refractivity contribution in [3.63, 3.8) is 0 Å². The van der Waals surface area contributed by atoms with Crippen LogP contribution in [0.15, 0.2) is 24.3 Å². The minimum atomic E-state index is -0.456. The molecule has 4 nitrogen and oxygen atoms in total. The summed E-state index contributed by atoms with van der Waals surface area (Å²) in [5.41, 5.74) is 1.06. The second kappa shape index (κ2) is 8.20. The van der Waals surface area contributed by atoms with Gasteiger partial charge in [-0.3, -0.25) is 0 Å². The number of hydrogen-bond acceptors (Lipinski definition) is 3. The molecule has 0 bridgehead atoms. The average Bonchev–Trinajstić information content (AvgIpc) is 2.32. The summed E-state index contributed by atoms with van der Waals surface area (Å²) >= 11 is 2.15. The molecule has 1 aromatic carbocycles. The van der Waals surface area contributed by atoms with E-state index in [0.29, 0.717) is 5.75 Å². The predicted molar refractivity (Wildman–Crippen MR) is 75.8 cm³/mol. The van der Waals surface area contributed by atoms with Gasteiger partial charge in [0.25, 0.3) is 0 Å². The van der Waals surface area contributed by atoms with Crippen LogP contribution in [0, 0.1) is 0 Å². The Balaban J connectivity index is 0.00000106. The maximum Gasteiger partial charge on any atom is 0.412 e. The molecule has 0 fully saturated rings. The van der Waals surface area contributed by atoms with Gasteiger partial charge in [-0.25, -0.2) is 4.79 Å². The van der Waals surface area contributed by atoms with Crippen molar-refractivity contribution in [2.45, 2.75) is 0 Å². The first-order valence-corrected chi connectivity index (χ1v) is 6.84. The zero-order valence-electron chi connectivity index (χ0n) is 9.95. The molecule has 0 aliphatic carbocycles. The van der Waals surface area contributed by atoms with Crippen molar-refractivity contribution < 1.29 is 9.53 Å². The summed E-state index contributed by atoms with van der Waals surface area (Å²) in [6.07, 6.45) is -0.456. The molecule has 0 unspecified atom stereocenters. The molecule has 0 aliphatic rings. The van der Waals surface area contributed by atoms with Gasteiger partial charge >= 0.3 is 6.09 Å². The number of ether oxygens (including phenoxy) is 1. The number of benzene rings is 1. The second-order valence-corrected chi connectivity index (χ2v) is 3.03. The molecule has 0 radical (unpaired) electrons. The lowest BCUT2D eigenvalue weighted by Crippen LogP contribution is -2.22. The van der Waals surface area contributed by atoms with E-state index in [4.69, 9.17) is 4.74 Å². The number of anilines is 1. The molecule has 0 saturated carbocycles. The number of nitrogens with zero attached hydrogens (tertiary/aromatic N) is 1. The third-order valence-corrected chi connectivity index (χ3v) is 1.77. The van der Waals surface area contributed by atoms with E-state index in [1.807, 2.05) is 36.1 Å². The number of halogens is 1. The van der Waals surface area contributed by atoms with Crippen LogP contribution < -0.4 is 15.0 Å². The summed E-state index contributed by atoms with van der Waals surface area (Å²) in [6.45, 7) is 0. The van der Waals surface area contributed by atoms with Gasteiger partial charge in [0.2, 0.25) is 0 Å². The minimum absolute atomic E-state index is 0.456. The molecule has 1 N–H and O–H groups in total. The summed E-state index contributed by atoms with van der Waals surface area (Å²) < 4.78 is 4.93. The number of carbonyl (C=O) groups excluding carboxylic acids is 1. The van der Waals surface area contributed by atoms with Crippen LogP contribution in [0.1, 0.15) is 0 Å². The van der Waals surface area contributed by atoms with Crippen LogP contribution in [0.4, 0.5) is 10.5 Å². The molecular formula is C11H17IN2O2. The largest absolute Gasteiger partial charge is 0.412 e. The topological polar surface area (TPSA) is 41.6 Å². The summed E-state index contributed by atoms with van der Waals surface area (Å²) in [5, 5.41) is 2.38. The predicted octanol–water partition coefficient (Wildman–Crippen LogP) is 2.52. The lowest BCUT2D eigenvalue weighted by Gasteiger charge is -2.12. The van der Waals surface area contributed by atoms with E-state index in [1.165, 1.54) is 7.05 Å². The van der Waals surface area contributed by atoms with Crippen molar-refractivity contribution in [3.05, 3.63) is 24.3 Å². The van der Waals surface area contributed by atoms with Crippen LogP contribution in [0.3, 0.4) is 0 Å². The van der Waals surface area contributed by atoms with Gasteiger partial charge in [-0.15, -0.1) is 0 Å². The molecule has 0 aromatic heterocycles. The van der Waals surface area contributed by atoms with E-state index >= 15 is 0 Å². The Morgan fingerprint density at radius 2 is 1.75 bits per heavy atom. The number of hydrogen-bond donors (Lipinski definition) is 1. The fourth-order valence-electron chi connectivity index (χ4n) is 0.970. The van der Waals surface area contributed by atoms with Crippen LogP contribution in [-0.4, -0.2) is 32.2 Å². The summed E-state index contributed by atoms with van der Waals surface area (Å²) in [5.74, 6) is 0.537. The molecule has 16 heavy (non-hydrogen) atoms. The monoisotopic (exact) mass is 336 g/mol. The third kappa shape index (κ3) is 5.20. The van der Waals surface area contributed by atoms with Gasteiger partial charge in [-0.05, 0) is 29.2 Å². The fourth-order valence-corrected chi connectivity index (χ4v) is 0.970. The number of alkyl halides is 1. The number of carbonyl (C=O) groups is 1. The maximum absolute atomic E-state index is 10.9. The molecule has 5 heteroatoms. The zero-order valence-corrected chi connectivity index (χ0v) is 12.1. The van der Waals surface area contributed by atoms with E-state index in [-0.39, 0.29) is 0 Å². The highest BCUT2D eigenvalue weighted by Gasteiger charge is 2.01. The summed E-state index contributed by atoms with van der Waals surface area (Å²) in [6, 6.07) is 7.28. The van der Waals surface area contributed by atoms with E-state index in [0.717, 1.165) is 5.69 Å². The van der Waals surface area contributed by atoms with Gasteiger partial charge in [0.15, 0.2) is 0 Å². The average molecular weight is 336 g/mol. The molecule has 90 valence electrons. The molecule has 1 amide bonds. The first kappa shape index (κ1) is 15.0. The van der Waals surface area contributed by atoms with Crippen LogP contribution in [0.2, 0.25) is 0 Å². The van der Waals surface area contributed by atoms with Crippen molar-refractivity contribution in [3.8, 4) is 5.75 Å². The first-order valence-electron chi connectivity index (χ1n) is 4.68. The van der Waals surface area contributed by atoms with Crippen LogP contribution in [-0.2, 0) is 0 Å². The Morgan fingerprint density at radius 1 is 1.25 bits per heavy atom. The van der Waals surface area contributed by atoms with Gasteiger partial charge in [-0.2, -0.15) is 0 Å². The third-order valence-electron chi connectivity index (χ3n) is 1.77. The van der Waals surface area contributed by atoms with Gasteiger partial charge < -0.3 is 15.0 Å². The molecule has 0 atom stereocenters. The molecular weight excluding hydrogens is 319 g/mol. The SMILES string of the molecule is CI.CNC(=O)Oc1ccc(N(C)C)cc1. The maximum atomic E-state index is 10.9. The number of rotatable bonds is 2. The van der Waals surface area contributed by atoms with Crippen molar-refractivity contribution in [1.82, 2.24) is 5.32 Å². The van der Waals surface area contributed by atoms with Crippen LogP contribution in [0.25, 0.3) is 0 Å². The molecule has 0 aliphatic heterocycles. The zero-order chi connectivity index (χ0) is 12.6. The first-order chi connectivity index (χ1) is 7.63. The quantitative estimate of drug-likeness (QED) is 0.667. The smallest absolute Gasteiger partial charge is 0.410 e. The minimum Gasteiger partial charge on any atom is -0.410 e. The standard InChI is InChI=1S/C10H14N2O2.CH3I/c1-11-10(13)14-9-6-4-8(5-7-9)12(2)3;1-2/h4-7H,1-3H3,(H,11,13);1H3. The van der Waals surface area contributed by atoms with Crippen molar-refractivity contribution in [2.24, 2.45) is 0 Å². The highest BCUT2D eigenvalue weighted by Crippen LogP contribution is 2.17. The van der Waals surface area contributed by atoms with E-state index in [2.05, 4.69) is 27.9 Å². The lowest BCUT2D eigenvalue weighted by molar-refractivity contribution is 0.203. The lowest BCUT2D eigenvalue weighted by atomic mass is 10.3. The molecule has 1 rings (SSSR count). The number of amides is 1.